The topological polar surface area (TPSA) is 115 Å². The van der Waals surface area contributed by atoms with E-state index in [1.807, 2.05) is 38.3 Å². The summed E-state index contributed by atoms with van der Waals surface area (Å²) in [7, 11) is 0. The van der Waals surface area contributed by atoms with E-state index in [-0.39, 0.29) is 17.0 Å². The standard InChI is InChI=1S/C16H17N3O5S/c1-16(2,3)14(13-5-4-6-25-13)17-15(20)10-7-11(18(21)22)9-12(8-10)19(23)24/h4-9,14H,1-3H3,(H,17,20). The Hall–Kier alpha value is -2.81. The van der Waals surface area contributed by atoms with Crippen LogP contribution >= 0.6 is 11.3 Å². The lowest BCUT2D eigenvalue weighted by Crippen LogP contribution is -2.36. The minimum absolute atomic E-state index is 0.119. The van der Waals surface area contributed by atoms with Gasteiger partial charge in [-0.05, 0) is 16.9 Å². The smallest absolute Gasteiger partial charge is 0.277 e. The van der Waals surface area contributed by atoms with Crippen molar-refractivity contribution in [2.75, 3.05) is 0 Å². The normalized spacial score (nSPS) is 12.4. The number of nitro groups is 2. The van der Waals surface area contributed by atoms with E-state index in [0.717, 1.165) is 23.1 Å². The molecule has 0 saturated carbocycles. The largest absolute Gasteiger partial charge is 0.344 e. The molecule has 1 N–H and O–H groups in total. The van der Waals surface area contributed by atoms with Gasteiger partial charge < -0.3 is 5.32 Å². The second-order valence-corrected chi connectivity index (χ2v) is 7.52. The Morgan fingerprint density at radius 1 is 1.12 bits per heavy atom. The third-order valence-electron chi connectivity index (χ3n) is 3.56. The van der Waals surface area contributed by atoms with Crippen LogP contribution in [0.4, 0.5) is 11.4 Å². The monoisotopic (exact) mass is 363 g/mol. The highest BCUT2D eigenvalue weighted by molar-refractivity contribution is 7.10. The predicted octanol–water partition coefficient (Wildman–Crippen LogP) is 4.08. The van der Waals surface area contributed by atoms with Crippen molar-refractivity contribution in [2.24, 2.45) is 5.41 Å². The molecule has 0 aliphatic rings. The van der Waals surface area contributed by atoms with Gasteiger partial charge in [0, 0.05) is 17.0 Å². The SMILES string of the molecule is CC(C)(C)C(NC(=O)c1cc([N+](=O)[O-])cc([N+](=O)[O-])c1)c1cccs1. The number of non-ortho nitro benzene ring substituents is 2. The van der Waals surface area contributed by atoms with Gasteiger partial charge in [-0.15, -0.1) is 11.3 Å². The van der Waals surface area contributed by atoms with Gasteiger partial charge in [0.05, 0.1) is 27.5 Å². The first-order valence-electron chi connectivity index (χ1n) is 7.37. The van der Waals surface area contributed by atoms with E-state index in [9.17, 15) is 25.0 Å². The van der Waals surface area contributed by atoms with E-state index in [1.165, 1.54) is 11.3 Å². The lowest BCUT2D eigenvalue weighted by Gasteiger charge is -2.30. The van der Waals surface area contributed by atoms with Gasteiger partial charge in [-0.1, -0.05) is 26.8 Å². The molecule has 1 heterocycles. The van der Waals surface area contributed by atoms with Crippen LogP contribution in [0.15, 0.2) is 35.7 Å². The Kier molecular flexibility index (Phi) is 5.17. The maximum atomic E-state index is 12.6. The quantitative estimate of drug-likeness (QED) is 0.634. The molecule has 0 radical (unpaired) electrons. The van der Waals surface area contributed by atoms with E-state index < -0.39 is 27.1 Å². The van der Waals surface area contributed by atoms with E-state index >= 15 is 0 Å². The Balaban J connectivity index is 2.39. The number of amides is 1. The summed E-state index contributed by atoms with van der Waals surface area (Å²) < 4.78 is 0. The molecule has 2 rings (SSSR count). The fourth-order valence-electron chi connectivity index (χ4n) is 2.32. The molecule has 9 heteroatoms. The molecule has 1 amide bonds. The van der Waals surface area contributed by atoms with Crippen molar-refractivity contribution in [1.82, 2.24) is 5.32 Å². The van der Waals surface area contributed by atoms with Crippen LogP contribution in [0.3, 0.4) is 0 Å². The summed E-state index contributed by atoms with van der Waals surface area (Å²) in [6.07, 6.45) is 0. The minimum Gasteiger partial charge on any atom is -0.344 e. The first-order chi connectivity index (χ1) is 11.6. The second-order valence-electron chi connectivity index (χ2n) is 6.54. The molecule has 0 spiro atoms. The van der Waals surface area contributed by atoms with Crippen LogP contribution < -0.4 is 5.32 Å². The lowest BCUT2D eigenvalue weighted by atomic mass is 9.85. The second kappa shape index (κ2) is 6.98. The molecule has 1 aromatic carbocycles. The number of rotatable bonds is 5. The number of carbonyl (C=O) groups excluding carboxylic acids is 1. The number of nitrogens with one attached hydrogen (secondary N) is 1. The van der Waals surface area contributed by atoms with Crippen LogP contribution in [0.1, 0.15) is 42.0 Å². The first kappa shape index (κ1) is 18.5. The fraction of sp³-hybridized carbons (Fsp3) is 0.312. The maximum absolute atomic E-state index is 12.6. The molecular formula is C16H17N3O5S. The lowest BCUT2D eigenvalue weighted by molar-refractivity contribution is -0.394. The number of nitro benzene ring substituents is 2. The van der Waals surface area contributed by atoms with E-state index in [1.54, 1.807) is 0 Å². The predicted molar refractivity (Wildman–Crippen MR) is 93.7 cm³/mol. The highest BCUT2D eigenvalue weighted by atomic mass is 32.1. The third kappa shape index (κ3) is 4.38. The number of nitrogens with zero attached hydrogens (tertiary/aromatic N) is 2. The zero-order valence-electron chi connectivity index (χ0n) is 13.9. The van der Waals surface area contributed by atoms with Gasteiger partial charge in [-0.2, -0.15) is 0 Å². The molecule has 1 aromatic heterocycles. The van der Waals surface area contributed by atoms with Gasteiger partial charge in [-0.3, -0.25) is 25.0 Å². The van der Waals surface area contributed by atoms with Gasteiger partial charge >= 0.3 is 0 Å². The van der Waals surface area contributed by atoms with Crippen LogP contribution in [0, 0.1) is 25.6 Å². The fourth-order valence-corrected chi connectivity index (χ4v) is 3.34. The number of hydrogen-bond donors (Lipinski definition) is 1. The van der Waals surface area contributed by atoms with Crippen molar-refractivity contribution in [3.8, 4) is 0 Å². The summed E-state index contributed by atoms with van der Waals surface area (Å²) in [4.78, 5) is 34.0. The molecule has 1 atom stereocenters. The molecule has 0 aliphatic heterocycles. The summed E-state index contributed by atoms with van der Waals surface area (Å²) in [5.41, 5.74) is -1.43. The van der Waals surface area contributed by atoms with Crippen LogP contribution in [0.5, 0.6) is 0 Å². The molecule has 1 unspecified atom stereocenters. The minimum atomic E-state index is -0.760. The Morgan fingerprint density at radius 2 is 1.68 bits per heavy atom. The molecule has 8 nitrogen and oxygen atoms in total. The van der Waals surface area contributed by atoms with Crippen molar-refractivity contribution in [2.45, 2.75) is 26.8 Å². The molecule has 2 aromatic rings. The zero-order chi connectivity index (χ0) is 18.8. The highest BCUT2D eigenvalue weighted by Gasteiger charge is 2.30. The molecule has 132 valence electrons. The Morgan fingerprint density at radius 3 is 2.08 bits per heavy atom. The van der Waals surface area contributed by atoms with Gasteiger partial charge in [0.1, 0.15) is 0 Å². The van der Waals surface area contributed by atoms with E-state index in [0.29, 0.717) is 0 Å². The van der Waals surface area contributed by atoms with E-state index in [4.69, 9.17) is 0 Å². The maximum Gasteiger partial charge on any atom is 0.277 e. The average Bonchev–Trinajstić information content (AvgIpc) is 3.04. The van der Waals surface area contributed by atoms with Gasteiger partial charge in [0.15, 0.2) is 0 Å². The Bertz CT molecular complexity index is 779. The van der Waals surface area contributed by atoms with Crippen LogP contribution in [0.2, 0.25) is 0 Å². The number of hydrogen-bond acceptors (Lipinski definition) is 6. The average molecular weight is 363 g/mol. The highest BCUT2D eigenvalue weighted by Crippen LogP contribution is 2.35. The van der Waals surface area contributed by atoms with Gasteiger partial charge in [0.2, 0.25) is 0 Å². The molecule has 0 saturated heterocycles. The number of benzene rings is 1. The summed E-state index contributed by atoms with van der Waals surface area (Å²) in [6.45, 7) is 5.86. The van der Waals surface area contributed by atoms with Crippen molar-refractivity contribution in [1.29, 1.82) is 0 Å². The number of carbonyl (C=O) groups is 1. The van der Waals surface area contributed by atoms with Gasteiger partial charge in [-0.25, -0.2) is 0 Å². The summed E-state index contributed by atoms with van der Waals surface area (Å²) in [5.74, 6) is -0.597. The first-order valence-corrected chi connectivity index (χ1v) is 8.25. The summed E-state index contributed by atoms with van der Waals surface area (Å²) in [5, 5.41) is 26.7. The molecule has 0 fully saturated rings. The third-order valence-corrected chi connectivity index (χ3v) is 4.49. The van der Waals surface area contributed by atoms with Crippen molar-refractivity contribution >= 4 is 28.6 Å². The molecule has 0 aliphatic carbocycles. The zero-order valence-corrected chi connectivity index (χ0v) is 14.7. The van der Waals surface area contributed by atoms with Crippen molar-refractivity contribution < 1.29 is 14.6 Å². The molecule has 25 heavy (non-hydrogen) atoms. The van der Waals surface area contributed by atoms with Crippen LogP contribution in [0.25, 0.3) is 0 Å². The molecule has 0 bridgehead atoms. The van der Waals surface area contributed by atoms with Crippen molar-refractivity contribution in [3.63, 3.8) is 0 Å². The van der Waals surface area contributed by atoms with Gasteiger partial charge in [0.25, 0.3) is 17.3 Å². The van der Waals surface area contributed by atoms with E-state index in [2.05, 4.69) is 5.32 Å². The number of thiophene rings is 1. The summed E-state index contributed by atoms with van der Waals surface area (Å²) in [6, 6.07) is 6.32. The van der Waals surface area contributed by atoms with Crippen LogP contribution in [-0.4, -0.2) is 15.8 Å². The summed E-state index contributed by atoms with van der Waals surface area (Å²) >= 11 is 1.48. The van der Waals surface area contributed by atoms with Crippen LogP contribution in [-0.2, 0) is 0 Å². The van der Waals surface area contributed by atoms with Crippen molar-refractivity contribution in [3.05, 3.63) is 66.4 Å². The Labute approximate surface area is 147 Å². The molecular weight excluding hydrogens is 346 g/mol.